The van der Waals surface area contributed by atoms with Crippen molar-refractivity contribution >= 4 is 5.91 Å². The quantitative estimate of drug-likeness (QED) is 0.918. The van der Waals surface area contributed by atoms with E-state index < -0.39 is 0 Å². The third kappa shape index (κ3) is 3.47. The van der Waals surface area contributed by atoms with Crippen molar-refractivity contribution < 1.29 is 9.53 Å². The molecule has 0 aliphatic carbocycles. The third-order valence-corrected chi connectivity index (χ3v) is 4.72. The molecule has 3 rings (SSSR count). The Kier molecular flexibility index (Phi) is 5.05. The Morgan fingerprint density at radius 1 is 1.45 bits per heavy atom. The first kappa shape index (κ1) is 15.4. The number of likely N-dealkylation sites (tertiary alicyclic amines) is 1. The summed E-state index contributed by atoms with van der Waals surface area (Å²) in [5, 5.41) is 3.19. The molecule has 5 nitrogen and oxygen atoms in total. The second kappa shape index (κ2) is 7.20. The van der Waals surface area contributed by atoms with Crippen LogP contribution in [0.3, 0.4) is 0 Å². The van der Waals surface area contributed by atoms with Crippen molar-refractivity contribution in [1.29, 1.82) is 0 Å². The van der Waals surface area contributed by atoms with Gasteiger partial charge < -0.3 is 10.1 Å². The minimum absolute atomic E-state index is 0.0635. The molecule has 1 amide bonds. The van der Waals surface area contributed by atoms with Crippen LogP contribution in [0, 0.1) is 0 Å². The highest BCUT2D eigenvalue weighted by atomic mass is 16.5. The molecule has 0 bridgehead atoms. The van der Waals surface area contributed by atoms with Crippen LogP contribution in [0.15, 0.2) is 18.3 Å². The van der Waals surface area contributed by atoms with Crippen LogP contribution in [0.25, 0.3) is 0 Å². The summed E-state index contributed by atoms with van der Waals surface area (Å²) in [6.07, 6.45) is 6.00. The molecule has 2 saturated heterocycles. The number of carbonyl (C=O) groups excluding carboxylic acids is 1. The number of rotatable bonds is 4. The molecule has 0 saturated carbocycles. The van der Waals surface area contributed by atoms with Gasteiger partial charge in [0.15, 0.2) is 0 Å². The van der Waals surface area contributed by atoms with Gasteiger partial charge >= 0.3 is 0 Å². The Morgan fingerprint density at radius 3 is 3.05 bits per heavy atom. The standard InChI is InChI=1S/C17H25N3O2/c1-2-13-5-7-18-15(11-13)17(21)19-14-6-10-22-12-16(14)20-8-3-4-9-20/h5,7,11,14,16H,2-4,6,8-10,12H2,1H3,(H,19,21). The number of amides is 1. The first-order valence-corrected chi connectivity index (χ1v) is 8.35. The maximum Gasteiger partial charge on any atom is 0.270 e. The molecular weight excluding hydrogens is 278 g/mol. The Balaban J connectivity index is 1.67. The summed E-state index contributed by atoms with van der Waals surface area (Å²) in [6.45, 7) is 5.75. The summed E-state index contributed by atoms with van der Waals surface area (Å²) in [5.41, 5.74) is 1.66. The molecule has 3 heterocycles. The molecule has 5 heteroatoms. The van der Waals surface area contributed by atoms with E-state index in [0.717, 1.165) is 38.1 Å². The van der Waals surface area contributed by atoms with E-state index in [2.05, 4.69) is 22.1 Å². The van der Waals surface area contributed by atoms with Gasteiger partial charge in [-0.05, 0) is 56.5 Å². The Bertz CT molecular complexity index is 514. The van der Waals surface area contributed by atoms with Crippen LogP contribution in [0.4, 0.5) is 0 Å². The van der Waals surface area contributed by atoms with E-state index in [-0.39, 0.29) is 11.9 Å². The summed E-state index contributed by atoms with van der Waals surface area (Å²) in [4.78, 5) is 19.2. The summed E-state index contributed by atoms with van der Waals surface area (Å²) in [7, 11) is 0. The number of aryl methyl sites for hydroxylation is 1. The Morgan fingerprint density at radius 2 is 2.27 bits per heavy atom. The number of carbonyl (C=O) groups is 1. The number of nitrogens with zero attached hydrogens (tertiary/aromatic N) is 2. The lowest BCUT2D eigenvalue weighted by molar-refractivity contribution is 0.00571. The van der Waals surface area contributed by atoms with Crippen molar-refractivity contribution in [2.75, 3.05) is 26.3 Å². The number of hydrogen-bond donors (Lipinski definition) is 1. The van der Waals surface area contributed by atoms with Crippen LogP contribution in [-0.4, -0.2) is 54.2 Å². The van der Waals surface area contributed by atoms with Gasteiger partial charge in [0.25, 0.3) is 5.91 Å². The average Bonchev–Trinajstić information content (AvgIpc) is 3.09. The lowest BCUT2D eigenvalue weighted by atomic mass is 10.0. The van der Waals surface area contributed by atoms with Crippen LogP contribution < -0.4 is 5.32 Å². The molecule has 2 aliphatic heterocycles. The molecule has 2 aliphatic rings. The van der Waals surface area contributed by atoms with Crippen LogP contribution >= 0.6 is 0 Å². The molecule has 2 atom stereocenters. The highest BCUT2D eigenvalue weighted by molar-refractivity contribution is 5.92. The minimum Gasteiger partial charge on any atom is -0.380 e. The monoisotopic (exact) mass is 303 g/mol. The van der Waals surface area contributed by atoms with Gasteiger partial charge in [-0.25, -0.2) is 0 Å². The van der Waals surface area contributed by atoms with Crippen molar-refractivity contribution in [2.45, 2.75) is 44.7 Å². The first-order valence-electron chi connectivity index (χ1n) is 8.35. The number of pyridine rings is 1. The average molecular weight is 303 g/mol. The summed E-state index contributed by atoms with van der Waals surface area (Å²) >= 11 is 0. The largest absolute Gasteiger partial charge is 0.380 e. The second-order valence-electron chi connectivity index (χ2n) is 6.16. The summed E-state index contributed by atoms with van der Waals surface area (Å²) < 4.78 is 5.64. The number of ether oxygens (including phenoxy) is 1. The van der Waals surface area contributed by atoms with Gasteiger partial charge in [0.2, 0.25) is 0 Å². The van der Waals surface area contributed by atoms with E-state index in [0.29, 0.717) is 18.3 Å². The highest BCUT2D eigenvalue weighted by Crippen LogP contribution is 2.20. The van der Waals surface area contributed by atoms with E-state index in [1.54, 1.807) is 6.20 Å². The lowest BCUT2D eigenvalue weighted by Gasteiger charge is -2.38. The van der Waals surface area contributed by atoms with E-state index >= 15 is 0 Å². The van der Waals surface area contributed by atoms with Crippen molar-refractivity contribution in [3.8, 4) is 0 Å². The van der Waals surface area contributed by atoms with Gasteiger partial charge in [-0.15, -0.1) is 0 Å². The van der Waals surface area contributed by atoms with Crippen molar-refractivity contribution in [3.05, 3.63) is 29.6 Å². The smallest absolute Gasteiger partial charge is 0.270 e. The topological polar surface area (TPSA) is 54.5 Å². The van der Waals surface area contributed by atoms with Crippen LogP contribution in [0.2, 0.25) is 0 Å². The van der Waals surface area contributed by atoms with E-state index in [9.17, 15) is 4.79 Å². The number of nitrogens with one attached hydrogen (secondary N) is 1. The van der Waals surface area contributed by atoms with Gasteiger partial charge in [-0.3, -0.25) is 14.7 Å². The summed E-state index contributed by atoms with van der Waals surface area (Å²) in [5.74, 6) is -0.0635. The predicted octanol–water partition coefficient (Wildman–Crippen LogP) is 1.63. The molecule has 0 radical (unpaired) electrons. The first-order chi connectivity index (χ1) is 10.8. The molecule has 2 unspecified atom stereocenters. The molecule has 1 aromatic rings. The molecular formula is C17H25N3O2. The second-order valence-corrected chi connectivity index (χ2v) is 6.16. The van der Waals surface area contributed by atoms with Gasteiger partial charge in [0.1, 0.15) is 5.69 Å². The Labute approximate surface area is 132 Å². The zero-order valence-electron chi connectivity index (χ0n) is 13.3. The maximum absolute atomic E-state index is 12.5. The number of hydrogen-bond acceptors (Lipinski definition) is 4. The number of aromatic nitrogens is 1. The molecule has 1 N–H and O–H groups in total. The third-order valence-electron chi connectivity index (χ3n) is 4.72. The van der Waals surface area contributed by atoms with Gasteiger partial charge in [0.05, 0.1) is 12.6 Å². The van der Waals surface area contributed by atoms with Crippen molar-refractivity contribution in [1.82, 2.24) is 15.2 Å². The SMILES string of the molecule is CCc1ccnc(C(=O)NC2CCOCC2N2CCCC2)c1. The summed E-state index contributed by atoms with van der Waals surface area (Å²) in [6, 6.07) is 4.30. The van der Waals surface area contributed by atoms with Gasteiger partial charge in [-0.2, -0.15) is 0 Å². The zero-order valence-corrected chi connectivity index (χ0v) is 13.3. The molecule has 22 heavy (non-hydrogen) atoms. The van der Waals surface area contributed by atoms with E-state index in [1.807, 2.05) is 12.1 Å². The van der Waals surface area contributed by atoms with Crippen LogP contribution in [-0.2, 0) is 11.2 Å². The fourth-order valence-corrected chi connectivity index (χ4v) is 3.39. The van der Waals surface area contributed by atoms with Crippen LogP contribution in [0.5, 0.6) is 0 Å². The molecule has 0 aromatic carbocycles. The minimum atomic E-state index is -0.0635. The van der Waals surface area contributed by atoms with Gasteiger partial charge in [0, 0.05) is 18.8 Å². The predicted molar refractivity (Wildman–Crippen MR) is 84.9 cm³/mol. The highest BCUT2D eigenvalue weighted by Gasteiger charge is 2.33. The van der Waals surface area contributed by atoms with E-state index in [1.165, 1.54) is 12.8 Å². The fraction of sp³-hybridized carbons (Fsp3) is 0.647. The molecule has 2 fully saturated rings. The van der Waals surface area contributed by atoms with Crippen molar-refractivity contribution in [2.24, 2.45) is 0 Å². The Hall–Kier alpha value is -1.46. The molecule has 0 spiro atoms. The molecule has 1 aromatic heterocycles. The van der Waals surface area contributed by atoms with Crippen LogP contribution in [0.1, 0.15) is 42.2 Å². The fourth-order valence-electron chi connectivity index (χ4n) is 3.39. The van der Waals surface area contributed by atoms with Gasteiger partial charge in [-0.1, -0.05) is 6.92 Å². The lowest BCUT2D eigenvalue weighted by Crippen LogP contribution is -2.56. The normalized spacial score (nSPS) is 26.0. The van der Waals surface area contributed by atoms with Crippen molar-refractivity contribution in [3.63, 3.8) is 0 Å². The maximum atomic E-state index is 12.5. The molecule has 120 valence electrons. The van der Waals surface area contributed by atoms with E-state index in [4.69, 9.17) is 4.74 Å². The zero-order chi connectivity index (χ0) is 15.4.